The SMILES string of the molecule is N#Cc1cc(F)cc([C@@H]2CCON2C(=O)C2CCC(Cc3cc(F)cc(CCO)c3)CC2)c1. The second-order valence-corrected chi connectivity index (χ2v) is 9.05. The standard InChI is InChI=1S/C26H28F2N2O3/c27-23-12-18(5-7-31)10-19(13-23)9-17-1-3-21(4-2-17)26(32)30-25(6-8-33-30)22-11-20(16-29)14-24(28)15-22/h10-15,17,21,25,31H,1-9H2/t17?,21?,25-/m0/s1. The van der Waals surface area contributed by atoms with Gasteiger partial charge in [-0.05, 0) is 91.5 Å². The van der Waals surface area contributed by atoms with Gasteiger partial charge in [-0.25, -0.2) is 13.8 Å². The van der Waals surface area contributed by atoms with E-state index in [-0.39, 0.29) is 29.8 Å². The van der Waals surface area contributed by atoms with Crippen molar-refractivity contribution in [3.63, 3.8) is 0 Å². The van der Waals surface area contributed by atoms with E-state index < -0.39 is 11.9 Å². The predicted molar refractivity (Wildman–Crippen MR) is 118 cm³/mol. The summed E-state index contributed by atoms with van der Waals surface area (Å²) < 4.78 is 27.8. The zero-order chi connectivity index (χ0) is 23.4. The summed E-state index contributed by atoms with van der Waals surface area (Å²) >= 11 is 0. The average molecular weight is 455 g/mol. The number of nitrogens with zero attached hydrogens (tertiary/aromatic N) is 2. The lowest BCUT2D eigenvalue weighted by Gasteiger charge is -2.32. The van der Waals surface area contributed by atoms with Crippen molar-refractivity contribution < 1.29 is 23.5 Å². The van der Waals surface area contributed by atoms with E-state index in [2.05, 4.69) is 0 Å². The van der Waals surface area contributed by atoms with Crippen LogP contribution in [-0.4, -0.2) is 29.3 Å². The van der Waals surface area contributed by atoms with Crippen molar-refractivity contribution in [2.75, 3.05) is 13.2 Å². The van der Waals surface area contributed by atoms with Crippen LogP contribution in [0.1, 0.15) is 60.4 Å². The Kier molecular flexibility index (Phi) is 7.36. The van der Waals surface area contributed by atoms with Crippen LogP contribution in [0.25, 0.3) is 0 Å². The molecule has 1 saturated heterocycles. The summed E-state index contributed by atoms with van der Waals surface area (Å²) in [6.45, 7) is 0.364. The van der Waals surface area contributed by atoms with E-state index in [1.165, 1.54) is 23.3 Å². The molecule has 1 aliphatic carbocycles. The molecule has 0 aromatic heterocycles. The summed E-state index contributed by atoms with van der Waals surface area (Å²) in [6.07, 6.45) is 4.91. The normalized spacial score (nSPS) is 22.8. The van der Waals surface area contributed by atoms with E-state index in [4.69, 9.17) is 15.2 Å². The van der Waals surface area contributed by atoms with Crippen molar-refractivity contribution in [3.05, 3.63) is 70.3 Å². The topological polar surface area (TPSA) is 73.6 Å². The van der Waals surface area contributed by atoms with Gasteiger partial charge in [-0.15, -0.1) is 0 Å². The number of rotatable bonds is 6. The van der Waals surface area contributed by atoms with Gasteiger partial charge in [0.15, 0.2) is 0 Å². The lowest BCUT2D eigenvalue weighted by Crippen LogP contribution is -2.36. The Morgan fingerprint density at radius 3 is 2.48 bits per heavy atom. The van der Waals surface area contributed by atoms with Gasteiger partial charge in [0.1, 0.15) is 11.6 Å². The minimum atomic E-state index is -0.497. The number of aliphatic hydroxyl groups is 1. The number of amides is 1. The van der Waals surface area contributed by atoms with E-state index in [9.17, 15) is 13.6 Å². The van der Waals surface area contributed by atoms with E-state index in [1.54, 1.807) is 12.1 Å². The molecule has 1 saturated carbocycles. The largest absolute Gasteiger partial charge is 0.396 e. The first kappa shape index (κ1) is 23.3. The Bertz CT molecular complexity index is 1040. The van der Waals surface area contributed by atoms with Gasteiger partial charge in [-0.1, -0.05) is 6.07 Å². The fraction of sp³-hybridized carbons (Fsp3) is 0.462. The summed E-state index contributed by atoms with van der Waals surface area (Å²) in [5.41, 5.74) is 2.53. The molecule has 1 heterocycles. The van der Waals surface area contributed by atoms with Crippen LogP contribution in [0.2, 0.25) is 0 Å². The molecule has 1 aliphatic heterocycles. The third-order valence-corrected chi connectivity index (χ3v) is 6.69. The maximum absolute atomic E-state index is 13.9. The van der Waals surface area contributed by atoms with E-state index in [0.717, 1.165) is 43.2 Å². The van der Waals surface area contributed by atoms with E-state index in [1.807, 2.05) is 12.1 Å². The average Bonchev–Trinajstić information content (AvgIpc) is 3.28. The second kappa shape index (κ2) is 10.4. The number of hydrogen-bond acceptors (Lipinski definition) is 4. The van der Waals surface area contributed by atoms with Crippen LogP contribution < -0.4 is 0 Å². The van der Waals surface area contributed by atoms with Crippen LogP contribution >= 0.6 is 0 Å². The molecule has 1 amide bonds. The number of hydroxylamine groups is 2. The highest BCUT2D eigenvalue weighted by atomic mass is 19.1. The Labute approximate surface area is 192 Å². The van der Waals surface area contributed by atoms with Crippen molar-refractivity contribution in [2.24, 2.45) is 11.8 Å². The lowest BCUT2D eigenvalue weighted by atomic mass is 9.78. The van der Waals surface area contributed by atoms with Gasteiger partial charge < -0.3 is 5.11 Å². The number of benzene rings is 2. The third kappa shape index (κ3) is 5.58. The fourth-order valence-corrected chi connectivity index (χ4v) is 5.09. The minimum absolute atomic E-state index is 0.0108. The van der Waals surface area contributed by atoms with Crippen molar-refractivity contribution in [1.29, 1.82) is 5.26 Å². The van der Waals surface area contributed by atoms with Crippen molar-refractivity contribution in [3.8, 4) is 6.07 Å². The van der Waals surface area contributed by atoms with Crippen LogP contribution in [0.15, 0.2) is 36.4 Å². The maximum atomic E-state index is 13.9. The molecule has 2 fully saturated rings. The van der Waals surface area contributed by atoms with Crippen molar-refractivity contribution in [2.45, 2.75) is 51.0 Å². The van der Waals surface area contributed by atoms with Gasteiger partial charge in [0.05, 0.1) is 24.3 Å². The molecule has 0 unspecified atom stereocenters. The van der Waals surface area contributed by atoms with Crippen LogP contribution in [0.3, 0.4) is 0 Å². The van der Waals surface area contributed by atoms with Gasteiger partial charge in [0.25, 0.3) is 0 Å². The number of halogens is 2. The van der Waals surface area contributed by atoms with Gasteiger partial charge in [0.2, 0.25) is 5.91 Å². The van der Waals surface area contributed by atoms with Gasteiger partial charge in [-0.3, -0.25) is 9.63 Å². The van der Waals surface area contributed by atoms with Crippen LogP contribution in [0.5, 0.6) is 0 Å². The number of aliphatic hydroxyl groups excluding tert-OH is 1. The molecule has 2 aliphatic rings. The summed E-state index contributed by atoms with van der Waals surface area (Å²) in [4.78, 5) is 18.9. The molecule has 4 rings (SSSR count). The summed E-state index contributed by atoms with van der Waals surface area (Å²) in [7, 11) is 0. The number of carbonyl (C=O) groups excluding carboxylic acids is 1. The predicted octanol–water partition coefficient (Wildman–Crippen LogP) is 4.63. The molecule has 7 heteroatoms. The van der Waals surface area contributed by atoms with Crippen molar-refractivity contribution in [1.82, 2.24) is 5.06 Å². The van der Waals surface area contributed by atoms with Crippen LogP contribution in [-0.2, 0) is 22.5 Å². The fourth-order valence-electron chi connectivity index (χ4n) is 5.09. The maximum Gasteiger partial charge on any atom is 0.249 e. The van der Waals surface area contributed by atoms with Crippen molar-refractivity contribution >= 4 is 5.91 Å². The smallest absolute Gasteiger partial charge is 0.249 e. The highest BCUT2D eigenvalue weighted by Crippen LogP contribution is 2.37. The summed E-state index contributed by atoms with van der Waals surface area (Å²) in [5.74, 6) is -0.662. The van der Waals surface area contributed by atoms with E-state index >= 15 is 0 Å². The van der Waals surface area contributed by atoms with Crippen LogP contribution in [0.4, 0.5) is 8.78 Å². The highest BCUT2D eigenvalue weighted by Gasteiger charge is 2.37. The molecule has 1 atom stereocenters. The lowest BCUT2D eigenvalue weighted by molar-refractivity contribution is -0.183. The Morgan fingerprint density at radius 2 is 1.76 bits per heavy atom. The molecule has 2 aromatic carbocycles. The molecule has 0 radical (unpaired) electrons. The summed E-state index contributed by atoms with van der Waals surface area (Å²) in [5, 5.41) is 19.6. The molecule has 0 spiro atoms. The van der Waals surface area contributed by atoms with Crippen LogP contribution in [0, 0.1) is 34.8 Å². The zero-order valence-electron chi connectivity index (χ0n) is 18.5. The quantitative estimate of drug-likeness (QED) is 0.691. The molecule has 1 N–H and O–H groups in total. The monoisotopic (exact) mass is 454 g/mol. The summed E-state index contributed by atoms with van der Waals surface area (Å²) in [6, 6.07) is 10.7. The molecule has 0 bridgehead atoms. The molecular formula is C26H28F2N2O3. The molecule has 174 valence electrons. The first-order chi connectivity index (χ1) is 16.0. The highest BCUT2D eigenvalue weighted by molar-refractivity contribution is 5.78. The number of hydrogen-bond donors (Lipinski definition) is 1. The number of carbonyl (C=O) groups is 1. The Balaban J connectivity index is 1.37. The Morgan fingerprint density at radius 1 is 1.03 bits per heavy atom. The second-order valence-electron chi connectivity index (χ2n) is 9.05. The molecule has 2 aromatic rings. The zero-order valence-corrected chi connectivity index (χ0v) is 18.5. The number of nitriles is 1. The van der Waals surface area contributed by atoms with Gasteiger partial charge in [0, 0.05) is 18.9 Å². The van der Waals surface area contributed by atoms with Gasteiger partial charge >= 0.3 is 0 Å². The third-order valence-electron chi connectivity index (χ3n) is 6.69. The van der Waals surface area contributed by atoms with Gasteiger partial charge in [-0.2, -0.15) is 5.26 Å². The first-order valence-corrected chi connectivity index (χ1v) is 11.5. The minimum Gasteiger partial charge on any atom is -0.396 e. The first-order valence-electron chi connectivity index (χ1n) is 11.5. The van der Waals surface area contributed by atoms with E-state index in [0.29, 0.717) is 30.9 Å². The molecule has 33 heavy (non-hydrogen) atoms. The molecular weight excluding hydrogens is 426 g/mol. The Hall–Kier alpha value is -2.82. The molecule has 5 nitrogen and oxygen atoms in total.